The highest BCUT2D eigenvalue weighted by molar-refractivity contribution is 14.1. The van der Waals surface area contributed by atoms with Gasteiger partial charge in [-0.1, -0.05) is 27.7 Å². The minimum atomic E-state index is -0.105. The average Bonchev–Trinajstić information content (AvgIpc) is 3.04. The molecule has 0 bridgehead atoms. The molecule has 1 N–H and O–H groups in total. The molecule has 0 unspecified atom stereocenters. The van der Waals surface area contributed by atoms with E-state index in [9.17, 15) is 4.79 Å². The van der Waals surface area contributed by atoms with E-state index in [1.165, 1.54) is 11.8 Å². The van der Waals surface area contributed by atoms with E-state index in [0.717, 1.165) is 19.4 Å². The topological polar surface area (TPSA) is 72.7 Å². The predicted octanol–water partition coefficient (Wildman–Crippen LogP) is 3.76. The standard InChI is InChI=1S/C15H11BrIN5OS/c16-10-1-7-13(8-2-10)22-15(19-20-21-22)24-9-14(23)18-12-5-3-11(17)4-6-12/h1-8H,9H2,(H,18,23). The average molecular weight is 516 g/mol. The molecule has 1 amide bonds. The van der Waals surface area contributed by atoms with Crippen molar-refractivity contribution in [1.29, 1.82) is 0 Å². The molecule has 0 aliphatic carbocycles. The molecule has 0 saturated carbocycles. The lowest BCUT2D eigenvalue weighted by atomic mass is 10.3. The Hall–Kier alpha value is -1.46. The quantitative estimate of drug-likeness (QED) is 0.413. The van der Waals surface area contributed by atoms with E-state index in [0.29, 0.717) is 5.16 Å². The van der Waals surface area contributed by atoms with E-state index >= 15 is 0 Å². The Bertz CT molecular complexity index is 838. The molecule has 1 heterocycles. The molecule has 0 fully saturated rings. The van der Waals surface area contributed by atoms with Crippen molar-refractivity contribution in [2.24, 2.45) is 0 Å². The SMILES string of the molecule is O=C(CSc1nnnn1-c1ccc(Br)cc1)Nc1ccc(I)cc1. The number of hydrogen-bond acceptors (Lipinski definition) is 5. The summed E-state index contributed by atoms with van der Waals surface area (Å²) in [5, 5.41) is 15.1. The van der Waals surface area contributed by atoms with Crippen molar-refractivity contribution in [2.75, 3.05) is 11.1 Å². The van der Waals surface area contributed by atoms with Crippen LogP contribution in [-0.2, 0) is 4.79 Å². The van der Waals surface area contributed by atoms with Gasteiger partial charge in [-0.3, -0.25) is 4.79 Å². The van der Waals surface area contributed by atoms with Gasteiger partial charge < -0.3 is 5.32 Å². The third-order valence-corrected chi connectivity index (χ3v) is 5.14. The number of hydrogen-bond donors (Lipinski definition) is 1. The van der Waals surface area contributed by atoms with Crippen molar-refractivity contribution >= 4 is 61.9 Å². The molecule has 0 aliphatic rings. The number of thioether (sulfide) groups is 1. The van der Waals surface area contributed by atoms with Crippen molar-refractivity contribution in [3.63, 3.8) is 0 Å². The van der Waals surface area contributed by atoms with E-state index in [2.05, 4.69) is 59.4 Å². The molecule has 1 aromatic heterocycles. The van der Waals surface area contributed by atoms with Gasteiger partial charge in [0.2, 0.25) is 11.1 Å². The fraction of sp³-hybridized carbons (Fsp3) is 0.0667. The number of amides is 1. The van der Waals surface area contributed by atoms with E-state index in [4.69, 9.17) is 0 Å². The second-order valence-electron chi connectivity index (χ2n) is 4.69. The summed E-state index contributed by atoms with van der Waals surface area (Å²) in [5.74, 6) is 0.120. The lowest BCUT2D eigenvalue weighted by molar-refractivity contribution is -0.113. The monoisotopic (exact) mass is 515 g/mol. The van der Waals surface area contributed by atoms with Crippen LogP contribution in [0.1, 0.15) is 0 Å². The van der Waals surface area contributed by atoms with Crippen LogP contribution >= 0.6 is 50.3 Å². The summed E-state index contributed by atoms with van der Waals surface area (Å²) in [6, 6.07) is 15.2. The number of halogens is 2. The predicted molar refractivity (Wildman–Crippen MR) is 105 cm³/mol. The first kappa shape index (κ1) is 17.4. The summed E-state index contributed by atoms with van der Waals surface area (Å²) in [6.45, 7) is 0. The first-order chi connectivity index (χ1) is 11.6. The molecular formula is C15H11BrIN5OS. The number of benzene rings is 2. The zero-order valence-electron chi connectivity index (χ0n) is 12.2. The van der Waals surface area contributed by atoms with Crippen LogP contribution in [0.3, 0.4) is 0 Å². The van der Waals surface area contributed by atoms with Gasteiger partial charge in [0.05, 0.1) is 11.4 Å². The second-order valence-corrected chi connectivity index (χ2v) is 7.80. The number of anilines is 1. The molecule has 9 heteroatoms. The molecule has 3 aromatic rings. The van der Waals surface area contributed by atoms with Crippen LogP contribution < -0.4 is 5.32 Å². The molecule has 3 rings (SSSR count). The summed E-state index contributed by atoms with van der Waals surface area (Å²) in [7, 11) is 0. The van der Waals surface area contributed by atoms with Crippen LogP contribution in [0.2, 0.25) is 0 Å². The zero-order valence-corrected chi connectivity index (χ0v) is 16.7. The fourth-order valence-electron chi connectivity index (χ4n) is 1.87. The number of nitrogens with one attached hydrogen (secondary N) is 1. The van der Waals surface area contributed by atoms with Gasteiger partial charge in [-0.05, 0) is 81.5 Å². The molecule has 0 atom stereocenters. The van der Waals surface area contributed by atoms with Gasteiger partial charge in [-0.15, -0.1) is 5.10 Å². The summed E-state index contributed by atoms with van der Waals surface area (Å²) in [4.78, 5) is 12.1. The van der Waals surface area contributed by atoms with Gasteiger partial charge in [-0.2, -0.15) is 4.68 Å². The van der Waals surface area contributed by atoms with Crippen molar-refractivity contribution in [3.05, 3.63) is 56.6 Å². The lowest BCUT2D eigenvalue weighted by Gasteiger charge is -2.06. The molecule has 0 spiro atoms. The molecule has 6 nitrogen and oxygen atoms in total. The molecule has 0 radical (unpaired) electrons. The van der Waals surface area contributed by atoms with Crippen LogP contribution in [0.15, 0.2) is 58.2 Å². The maximum absolute atomic E-state index is 12.1. The number of aromatic nitrogens is 4. The van der Waals surface area contributed by atoms with Gasteiger partial charge >= 0.3 is 0 Å². The van der Waals surface area contributed by atoms with E-state index < -0.39 is 0 Å². The Balaban J connectivity index is 1.63. The zero-order chi connectivity index (χ0) is 16.9. The smallest absolute Gasteiger partial charge is 0.234 e. The first-order valence-corrected chi connectivity index (χ1v) is 9.70. The van der Waals surface area contributed by atoms with Gasteiger partial charge in [-0.25, -0.2) is 0 Å². The Kier molecular flexibility index (Phi) is 5.85. The summed E-state index contributed by atoms with van der Waals surface area (Å²) < 4.78 is 3.70. The van der Waals surface area contributed by atoms with Crippen molar-refractivity contribution < 1.29 is 4.79 Å². The molecule has 24 heavy (non-hydrogen) atoms. The summed E-state index contributed by atoms with van der Waals surface area (Å²) in [6.07, 6.45) is 0. The maximum Gasteiger partial charge on any atom is 0.234 e. The molecule has 0 aliphatic heterocycles. The number of rotatable bonds is 5. The lowest BCUT2D eigenvalue weighted by Crippen LogP contribution is -2.14. The third-order valence-electron chi connectivity index (χ3n) is 2.97. The highest BCUT2D eigenvalue weighted by Gasteiger charge is 2.11. The van der Waals surface area contributed by atoms with Crippen LogP contribution in [0.4, 0.5) is 5.69 Å². The summed E-state index contributed by atoms with van der Waals surface area (Å²) in [5.41, 5.74) is 1.61. The Morgan fingerprint density at radius 3 is 2.58 bits per heavy atom. The molecule has 2 aromatic carbocycles. The summed E-state index contributed by atoms with van der Waals surface area (Å²) >= 11 is 6.90. The number of carbonyl (C=O) groups excluding carboxylic acids is 1. The van der Waals surface area contributed by atoms with E-state index in [1.54, 1.807) is 4.68 Å². The molecule has 0 saturated heterocycles. The second kappa shape index (κ2) is 8.08. The van der Waals surface area contributed by atoms with Gasteiger partial charge in [0.25, 0.3) is 0 Å². The van der Waals surface area contributed by atoms with E-state index in [-0.39, 0.29) is 11.7 Å². The van der Waals surface area contributed by atoms with E-state index in [1.807, 2.05) is 48.5 Å². The van der Waals surface area contributed by atoms with Crippen molar-refractivity contribution in [3.8, 4) is 5.69 Å². The van der Waals surface area contributed by atoms with Gasteiger partial charge in [0.15, 0.2) is 0 Å². The van der Waals surface area contributed by atoms with Crippen molar-refractivity contribution in [1.82, 2.24) is 20.2 Å². The van der Waals surface area contributed by atoms with Crippen LogP contribution in [0.25, 0.3) is 5.69 Å². The normalized spacial score (nSPS) is 10.6. The Morgan fingerprint density at radius 2 is 1.88 bits per heavy atom. The number of carbonyl (C=O) groups is 1. The fourth-order valence-corrected chi connectivity index (χ4v) is 3.19. The minimum absolute atomic E-state index is 0.105. The largest absolute Gasteiger partial charge is 0.325 e. The molecule has 122 valence electrons. The number of nitrogens with zero attached hydrogens (tertiary/aromatic N) is 4. The molecular weight excluding hydrogens is 505 g/mol. The minimum Gasteiger partial charge on any atom is -0.325 e. The van der Waals surface area contributed by atoms with Crippen LogP contribution in [-0.4, -0.2) is 31.9 Å². The highest BCUT2D eigenvalue weighted by Crippen LogP contribution is 2.20. The van der Waals surface area contributed by atoms with Gasteiger partial charge in [0.1, 0.15) is 0 Å². The van der Waals surface area contributed by atoms with Crippen LogP contribution in [0.5, 0.6) is 0 Å². The number of tetrazole rings is 1. The Labute approximate surface area is 164 Å². The highest BCUT2D eigenvalue weighted by atomic mass is 127. The third kappa shape index (κ3) is 4.54. The van der Waals surface area contributed by atoms with Gasteiger partial charge in [0, 0.05) is 13.7 Å². The van der Waals surface area contributed by atoms with Crippen LogP contribution in [0, 0.1) is 3.57 Å². The Morgan fingerprint density at radius 1 is 1.17 bits per heavy atom. The first-order valence-electron chi connectivity index (χ1n) is 6.84. The van der Waals surface area contributed by atoms with Crippen molar-refractivity contribution in [2.45, 2.75) is 5.16 Å². The maximum atomic E-state index is 12.1.